The van der Waals surface area contributed by atoms with Crippen LogP contribution in [0, 0.1) is 0 Å². The van der Waals surface area contributed by atoms with Gasteiger partial charge < -0.3 is 9.84 Å². The van der Waals surface area contributed by atoms with Crippen molar-refractivity contribution in [2.45, 2.75) is 18.4 Å². The Morgan fingerprint density at radius 3 is 2.03 bits per heavy atom. The first-order valence-corrected chi connectivity index (χ1v) is 11.2. The van der Waals surface area contributed by atoms with E-state index in [0.717, 1.165) is 33.0 Å². The smallest absolute Gasteiger partial charge is 0.410 e. The van der Waals surface area contributed by atoms with Crippen LogP contribution >= 0.6 is 0 Å². The van der Waals surface area contributed by atoms with E-state index in [9.17, 15) is 14.7 Å². The quantitative estimate of drug-likeness (QED) is 0.403. The van der Waals surface area contributed by atoms with Crippen LogP contribution in [0.2, 0.25) is 0 Å². The van der Waals surface area contributed by atoms with Crippen LogP contribution in [-0.4, -0.2) is 35.7 Å². The highest BCUT2D eigenvalue weighted by molar-refractivity contribution is 5.89. The summed E-state index contributed by atoms with van der Waals surface area (Å²) in [6.07, 6.45) is -0.681. The first-order valence-electron chi connectivity index (χ1n) is 11.2. The van der Waals surface area contributed by atoms with Gasteiger partial charge in [-0.15, -0.1) is 0 Å². The Morgan fingerprint density at radius 2 is 1.41 bits per heavy atom. The number of carboxylic acids is 1. The van der Waals surface area contributed by atoms with Crippen LogP contribution in [0.5, 0.6) is 0 Å². The molecule has 5 heteroatoms. The van der Waals surface area contributed by atoms with Crippen molar-refractivity contribution in [1.82, 2.24) is 4.90 Å². The van der Waals surface area contributed by atoms with E-state index >= 15 is 0 Å². The summed E-state index contributed by atoms with van der Waals surface area (Å²) >= 11 is 0. The largest absolute Gasteiger partial charge is 0.479 e. The van der Waals surface area contributed by atoms with E-state index in [1.54, 1.807) is 6.07 Å². The normalized spacial score (nSPS) is 14.2. The third kappa shape index (κ3) is 3.41. The van der Waals surface area contributed by atoms with Gasteiger partial charge in [0.2, 0.25) is 0 Å². The minimum atomic E-state index is -1.59. The molecule has 0 heterocycles. The van der Waals surface area contributed by atoms with E-state index in [0.29, 0.717) is 5.56 Å². The lowest BCUT2D eigenvalue weighted by Gasteiger charge is -2.35. The highest BCUT2D eigenvalue weighted by atomic mass is 16.6. The molecule has 0 fully saturated rings. The molecule has 0 radical (unpaired) electrons. The molecular formula is C29H25NO4. The monoisotopic (exact) mass is 451 g/mol. The van der Waals surface area contributed by atoms with Crippen molar-refractivity contribution in [2.75, 3.05) is 13.7 Å². The molecule has 1 aliphatic carbocycles. The number of amides is 1. The molecule has 0 unspecified atom stereocenters. The molecule has 5 rings (SSSR count). The number of ether oxygens (including phenoxy) is 1. The van der Waals surface area contributed by atoms with Crippen LogP contribution in [0.1, 0.15) is 29.5 Å². The molecule has 5 nitrogen and oxygen atoms in total. The van der Waals surface area contributed by atoms with Crippen molar-refractivity contribution in [1.29, 1.82) is 0 Å². The van der Waals surface area contributed by atoms with Crippen molar-refractivity contribution in [3.8, 4) is 11.1 Å². The lowest BCUT2D eigenvalue weighted by molar-refractivity contribution is -0.149. The summed E-state index contributed by atoms with van der Waals surface area (Å²) in [5.41, 5.74) is 3.41. The van der Waals surface area contributed by atoms with E-state index in [4.69, 9.17) is 4.74 Å². The second kappa shape index (κ2) is 8.34. The Kier molecular flexibility index (Phi) is 5.33. The summed E-state index contributed by atoms with van der Waals surface area (Å²) in [7, 11) is 1.47. The minimum absolute atomic E-state index is 0.0958. The highest BCUT2D eigenvalue weighted by Gasteiger charge is 2.43. The van der Waals surface area contributed by atoms with Gasteiger partial charge in [0.15, 0.2) is 5.54 Å². The average molecular weight is 452 g/mol. The van der Waals surface area contributed by atoms with Gasteiger partial charge in [-0.25, -0.2) is 9.59 Å². The molecule has 4 aromatic rings. The SMILES string of the molecule is CN(C(=O)OCC1c2ccccc2-c2ccccc21)[C@@](C)(C(=O)O)c1ccc2ccccc2c1. The Hall–Kier alpha value is -4.12. The molecule has 0 saturated heterocycles. The van der Waals surface area contributed by atoms with Gasteiger partial charge in [-0.2, -0.15) is 0 Å². The number of rotatable bonds is 5. The van der Waals surface area contributed by atoms with Gasteiger partial charge in [0.1, 0.15) is 6.61 Å². The molecule has 4 aromatic carbocycles. The first-order chi connectivity index (χ1) is 16.4. The maximum atomic E-state index is 13.2. The van der Waals surface area contributed by atoms with Crippen LogP contribution in [0.4, 0.5) is 4.79 Å². The van der Waals surface area contributed by atoms with Gasteiger partial charge in [-0.1, -0.05) is 84.9 Å². The number of likely N-dealkylation sites (N-methyl/N-ethyl adjacent to an activating group) is 1. The molecule has 34 heavy (non-hydrogen) atoms. The molecular weight excluding hydrogens is 426 g/mol. The number of fused-ring (bicyclic) bond motifs is 4. The molecule has 0 aromatic heterocycles. The van der Waals surface area contributed by atoms with Gasteiger partial charge in [-0.05, 0) is 51.6 Å². The van der Waals surface area contributed by atoms with Gasteiger partial charge >= 0.3 is 12.1 Å². The van der Waals surface area contributed by atoms with E-state index < -0.39 is 17.6 Å². The van der Waals surface area contributed by atoms with Crippen molar-refractivity contribution in [2.24, 2.45) is 0 Å². The summed E-state index contributed by atoms with van der Waals surface area (Å²) < 4.78 is 5.73. The van der Waals surface area contributed by atoms with Gasteiger partial charge in [-0.3, -0.25) is 4.90 Å². The molecule has 0 saturated carbocycles. The second-order valence-corrected chi connectivity index (χ2v) is 8.80. The number of nitrogens with zero attached hydrogens (tertiary/aromatic N) is 1. The highest BCUT2D eigenvalue weighted by Crippen LogP contribution is 2.44. The topological polar surface area (TPSA) is 66.8 Å². The number of carboxylic acid groups (broad SMARTS) is 1. The zero-order valence-electron chi connectivity index (χ0n) is 19.1. The second-order valence-electron chi connectivity index (χ2n) is 8.80. The van der Waals surface area contributed by atoms with Crippen LogP contribution in [0.3, 0.4) is 0 Å². The van der Waals surface area contributed by atoms with E-state index in [-0.39, 0.29) is 12.5 Å². The summed E-state index contributed by atoms with van der Waals surface area (Å²) in [4.78, 5) is 26.8. The summed E-state index contributed by atoms with van der Waals surface area (Å²) in [5, 5.41) is 12.1. The fourth-order valence-electron chi connectivity index (χ4n) is 4.83. The first kappa shape index (κ1) is 21.7. The van der Waals surface area contributed by atoms with Crippen LogP contribution in [0.15, 0.2) is 91.0 Å². The minimum Gasteiger partial charge on any atom is -0.479 e. The Bertz CT molecular complexity index is 1370. The number of carbonyl (C=O) groups excluding carboxylic acids is 1. The Morgan fingerprint density at radius 1 is 0.853 bits per heavy atom. The summed E-state index contributed by atoms with van der Waals surface area (Å²) in [5.74, 6) is -1.22. The molecule has 1 aliphatic rings. The van der Waals surface area contributed by atoms with Crippen molar-refractivity contribution in [3.63, 3.8) is 0 Å². The van der Waals surface area contributed by atoms with Crippen LogP contribution in [-0.2, 0) is 15.1 Å². The van der Waals surface area contributed by atoms with Gasteiger partial charge in [0, 0.05) is 13.0 Å². The van der Waals surface area contributed by atoms with Crippen LogP contribution in [0.25, 0.3) is 21.9 Å². The molecule has 0 aliphatic heterocycles. The molecule has 1 amide bonds. The van der Waals surface area contributed by atoms with Crippen molar-refractivity contribution >= 4 is 22.8 Å². The Labute approximate surface area is 198 Å². The van der Waals surface area contributed by atoms with E-state index in [1.807, 2.05) is 72.8 Å². The molecule has 0 spiro atoms. The maximum Gasteiger partial charge on any atom is 0.410 e. The third-order valence-corrected chi connectivity index (χ3v) is 7.01. The number of hydrogen-bond acceptors (Lipinski definition) is 3. The van der Waals surface area contributed by atoms with E-state index in [2.05, 4.69) is 12.1 Å². The number of hydrogen-bond donors (Lipinski definition) is 1. The van der Waals surface area contributed by atoms with Crippen LogP contribution < -0.4 is 0 Å². The number of benzene rings is 4. The lowest BCUT2D eigenvalue weighted by atomic mass is 9.89. The van der Waals surface area contributed by atoms with Crippen molar-refractivity contribution in [3.05, 3.63) is 108 Å². The number of aliphatic carboxylic acids is 1. The fraction of sp³-hybridized carbons (Fsp3) is 0.172. The van der Waals surface area contributed by atoms with Gasteiger partial charge in [0.25, 0.3) is 0 Å². The number of carbonyl (C=O) groups is 2. The predicted octanol–water partition coefficient (Wildman–Crippen LogP) is 6.02. The fourth-order valence-corrected chi connectivity index (χ4v) is 4.83. The summed E-state index contributed by atoms with van der Waals surface area (Å²) in [6.45, 7) is 1.66. The zero-order chi connectivity index (χ0) is 23.9. The Balaban J connectivity index is 1.41. The zero-order valence-corrected chi connectivity index (χ0v) is 19.1. The standard InChI is InChI=1S/C29H25NO4/c1-29(27(31)32,21-16-15-19-9-3-4-10-20(19)17-21)30(2)28(33)34-18-26-24-13-7-5-11-22(24)23-12-6-8-14-25(23)26/h3-17,26H,18H2,1-2H3,(H,31,32)/t29-/m1/s1. The summed E-state index contributed by atoms with van der Waals surface area (Å²) in [6, 6.07) is 29.4. The average Bonchev–Trinajstić information content (AvgIpc) is 3.19. The van der Waals surface area contributed by atoms with E-state index in [1.165, 1.54) is 18.9 Å². The molecule has 1 atom stereocenters. The third-order valence-electron chi connectivity index (χ3n) is 7.01. The van der Waals surface area contributed by atoms with Crippen molar-refractivity contribution < 1.29 is 19.4 Å². The molecule has 0 bridgehead atoms. The lowest BCUT2D eigenvalue weighted by Crippen LogP contribution is -2.51. The maximum absolute atomic E-state index is 13.2. The van der Waals surface area contributed by atoms with Gasteiger partial charge in [0.05, 0.1) is 0 Å². The predicted molar refractivity (Wildman–Crippen MR) is 132 cm³/mol. The molecule has 1 N–H and O–H groups in total. The molecule has 170 valence electrons.